The Morgan fingerprint density at radius 1 is 1.44 bits per heavy atom. The SMILES string of the molecule is CCC(CCN)N(C)CC(=O)N1CCCC1. The van der Waals surface area contributed by atoms with Crippen molar-refractivity contribution in [3.63, 3.8) is 0 Å². The van der Waals surface area contributed by atoms with Crippen LogP contribution >= 0.6 is 0 Å². The minimum absolute atomic E-state index is 0.274. The Kier molecular flexibility index (Phi) is 5.77. The van der Waals surface area contributed by atoms with E-state index in [0.29, 0.717) is 19.1 Å². The molecule has 1 rings (SSSR count). The topological polar surface area (TPSA) is 49.6 Å². The van der Waals surface area contributed by atoms with Crippen LogP contribution < -0.4 is 5.73 Å². The van der Waals surface area contributed by atoms with Gasteiger partial charge in [-0.05, 0) is 39.3 Å². The van der Waals surface area contributed by atoms with Gasteiger partial charge in [-0.3, -0.25) is 9.69 Å². The monoisotopic (exact) mass is 227 g/mol. The van der Waals surface area contributed by atoms with Crippen molar-refractivity contribution < 1.29 is 4.79 Å². The summed E-state index contributed by atoms with van der Waals surface area (Å²) in [6.45, 7) is 5.27. The largest absolute Gasteiger partial charge is 0.342 e. The number of rotatable bonds is 6. The Hall–Kier alpha value is -0.610. The Bertz CT molecular complexity index is 214. The van der Waals surface area contributed by atoms with Gasteiger partial charge in [-0.1, -0.05) is 6.92 Å². The summed E-state index contributed by atoms with van der Waals surface area (Å²) in [6.07, 6.45) is 4.35. The van der Waals surface area contributed by atoms with Crippen molar-refractivity contribution in [2.75, 3.05) is 33.2 Å². The van der Waals surface area contributed by atoms with E-state index in [-0.39, 0.29) is 5.91 Å². The molecule has 1 atom stereocenters. The fourth-order valence-electron chi connectivity index (χ4n) is 2.34. The molecule has 1 aliphatic heterocycles. The molecule has 1 amide bonds. The fourth-order valence-corrected chi connectivity index (χ4v) is 2.34. The van der Waals surface area contributed by atoms with Gasteiger partial charge in [0, 0.05) is 19.1 Å². The average Bonchev–Trinajstić information content (AvgIpc) is 2.78. The third-order valence-electron chi connectivity index (χ3n) is 3.44. The molecule has 1 aliphatic rings. The quantitative estimate of drug-likeness (QED) is 0.725. The molecule has 0 spiro atoms. The second-order valence-corrected chi connectivity index (χ2v) is 4.64. The number of hydrogen-bond acceptors (Lipinski definition) is 3. The predicted molar refractivity (Wildman–Crippen MR) is 66.2 cm³/mol. The summed E-state index contributed by atoms with van der Waals surface area (Å²) in [4.78, 5) is 16.1. The molecule has 1 heterocycles. The standard InChI is InChI=1S/C12H25N3O/c1-3-11(6-7-13)14(2)10-12(16)15-8-4-5-9-15/h11H,3-10,13H2,1-2H3. The van der Waals surface area contributed by atoms with Crippen LogP contribution in [0.4, 0.5) is 0 Å². The molecule has 0 aromatic rings. The summed E-state index contributed by atoms with van der Waals surface area (Å²) in [6, 6.07) is 0.441. The molecule has 1 unspecified atom stereocenters. The van der Waals surface area contributed by atoms with Gasteiger partial charge in [-0.15, -0.1) is 0 Å². The van der Waals surface area contributed by atoms with E-state index in [1.54, 1.807) is 0 Å². The normalized spacial score (nSPS) is 18.1. The molecule has 4 nitrogen and oxygen atoms in total. The van der Waals surface area contributed by atoms with E-state index in [0.717, 1.165) is 38.8 Å². The molecule has 0 saturated carbocycles. The van der Waals surface area contributed by atoms with E-state index < -0.39 is 0 Å². The smallest absolute Gasteiger partial charge is 0.236 e. The molecule has 4 heteroatoms. The molecule has 16 heavy (non-hydrogen) atoms. The molecule has 1 fully saturated rings. The third-order valence-corrected chi connectivity index (χ3v) is 3.44. The molecule has 94 valence electrons. The highest BCUT2D eigenvalue weighted by atomic mass is 16.2. The minimum atomic E-state index is 0.274. The highest BCUT2D eigenvalue weighted by Crippen LogP contribution is 2.10. The summed E-state index contributed by atoms with van der Waals surface area (Å²) >= 11 is 0. The lowest BCUT2D eigenvalue weighted by atomic mass is 10.1. The van der Waals surface area contributed by atoms with Crippen LogP contribution in [-0.2, 0) is 4.79 Å². The van der Waals surface area contributed by atoms with Crippen LogP contribution in [0.5, 0.6) is 0 Å². The van der Waals surface area contributed by atoms with Crippen molar-refractivity contribution >= 4 is 5.91 Å². The van der Waals surface area contributed by atoms with Crippen molar-refractivity contribution in [1.29, 1.82) is 0 Å². The number of likely N-dealkylation sites (N-methyl/N-ethyl adjacent to an activating group) is 1. The zero-order valence-electron chi connectivity index (χ0n) is 10.6. The second-order valence-electron chi connectivity index (χ2n) is 4.64. The van der Waals surface area contributed by atoms with E-state index in [4.69, 9.17) is 5.73 Å². The van der Waals surface area contributed by atoms with Crippen LogP contribution in [0, 0.1) is 0 Å². The summed E-state index contributed by atoms with van der Waals surface area (Å²) in [5, 5.41) is 0. The van der Waals surface area contributed by atoms with Crippen molar-refractivity contribution in [2.45, 2.75) is 38.6 Å². The highest BCUT2D eigenvalue weighted by Gasteiger charge is 2.21. The molecule has 0 radical (unpaired) electrons. The first kappa shape index (κ1) is 13.5. The predicted octanol–water partition coefficient (Wildman–Crippen LogP) is 0.668. The number of nitrogens with two attached hydrogens (primary N) is 1. The van der Waals surface area contributed by atoms with Crippen LogP contribution in [-0.4, -0.2) is 55.0 Å². The summed E-state index contributed by atoms with van der Waals surface area (Å²) in [7, 11) is 2.03. The summed E-state index contributed by atoms with van der Waals surface area (Å²) < 4.78 is 0. The summed E-state index contributed by atoms with van der Waals surface area (Å²) in [5.41, 5.74) is 5.57. The van der Waals surface area contributed by atoms with Crippen LogP contribution in [0.25, 0.3) is 0 Å². The molecule has 2 N–H and O–H groups in total. The Morgan fingerprint density at radius 2 is 2.06 bits per heavy atom. The van der Waals surface area contributed by atoms with Crippen molar-refractivity contribution in [3.8, 4) is 0 Å². The zero-order valence-corrected chi connectivity index (χ0v) is 10.6. The molecule has 0 bridgehead atoms. The molecule has 0 aliphatic carbocycles. The number of likely N-dealkylation sites (tertiary alicyclic amines) is 1. The molecule has 0 aromatic carbocycles. The van der Waals surface area contributed by atoms with Crippen LogP contribution in [0.3, 0.4) is 0 Å². The Morgan fingerprint density at radius 3 is 2.56 bits per heavy atom. The van der Waals surface area contributed by atoms with Crippen LogP contribution in [0.1, 0.15) is 32.6 Å². The van der Waals surface area contributed by atoms with Gasteiger partial charge in [0.05, 0.1) is 6.54 Å². The minimum Gasteiger partial charge on any atom is -0.342 e. The average molecular weight is 227 g/mol. The lowest BCUT2D eigenvalue weighted by Crippen LogP contribution is -2.42. The lowest BCUT2D eigenvalue weighted by Gasteiger charge is -2.28. The first-order valence-corrected chi connectivity index (χ1v) is 6.37. The zero-order chi connectivity index (χ0) is 12.0. The second kappa shape index (κ2) is 6.86. The van der Waals surface area contributed by atoms with E-state index >= 15 is 0 Å². The van der Waals surface area contributed by atoms with E-state index in [1.165, 1.54) is 0 Å². The van der Waals surface area contributed by atoms with Crippen molar-refractivity contribution in [1.82, 2.24) is 9.80 Å². The van der Waals surface area contributed by atoms with Crippen LogP contribution in [0.15, 0.2) is 0 Å². The number of carbonyl (C=O) groups is 1. The highest BCUT2D eigenvalue weighted by molar-refractivity contribution is 5.78. The van der Waals surface area contributed by atoms with Gasteiger partial charge in [0.25, 0.3) is 0 Å². The first-order valence-electron chi connectivity index (χ1n) is 6.37. The van der Waals surface area contributed by atoms with Gasteiger partial charge in [0.2, 0.25) is 5.91 Å². The Balaban J connectivity index is 2.36. The number of amides is 1. The third kappa shape index (κ3) is 3.76. The molecule has 0 aromatic heterocycles. The van der Waals surface area contributed by atoms with Crippen molar-refractivity contribution in [2.24, 2.45) is 5.73 Å². The number of hydrogen-bond donors (Lipinski definition) is 1. The fraction of sp³-hybridized carbons (Fsp3) is 0.917. The van der Waals surface area contributed by atoms with E-state index in [2.05, 4.69) is 11.8 Å². The lowest BCUT2D eigenvalue weighted by molar-refractivity contribution is -0.131. The van der Waals surface area contributed by atoms with Gasteiger partial charge in [-0.25, -0.2) is 0 Å². The van der Waals surface area contributed by atoms with Gasteiger partial charge >= 0.3 is 0 Å². The van der Waals surface area contributed by atoms with Gasteiger partial charge in [-0.2, -0.15) is 0 Å². The van der Waals surface area contributed by atoms with Crippen molar-refractivity contribution in [3.05, 3.63) is 0 Å². The van der Waals surface area contributed by atoms with Gasteiger partial charge in [0.15, 0.2) is 0 Å². The maximum absolute atomic E-state index is 11.9. The maximum atomic E-state index is 11.9. The summed E-state index contributed by atoms with van der Waals surface area (Å²) in [5.74, 6) is 0.274. The molecule has 1 saturated heterocycles. The molecular formula is C12H25N3O. The van der Waals surface area contributed by atoms with Crippen LogP contribution in [0.2, 0.25) is 0 Å². The Labute approximate surface area is 98.8 Å². The number of carbonyl (C=O) groups excluding carboxylic acids is 1. The molecular weight excluding hydrogens is 202 g/mol. The van der Waals surface area contributed by atoms with Gasteiger partial charge < -0.3 is 10.6 Å². The number of nitrogens with zero attached hydrogens (tertiary/aromatic N) is 2. The first-order chi connectivity index (χ1) is 7.69. The van der Waals surface area contributed by atoms with E-state index in [1.807, 2.05) is 11.9 Å². The maximum Gasteiger partial charge on any atom is 0.236 e. The van der Waals surface area contributed by atoms with E-state index in [9.17, 15) is 4.79 Å². The van der Waals surface area contributed by atoms with Gasteiger partial charge in [0.1, 0.15) is 0 Å².